The fourth-order valence-electron chi connectivity index (χ4n) is 2.80. The van der Waals surface area contributed by atoms with E-state index in [2.05, 4.69) is 11.9 Å². The van der Waals surface area contributed by atoms with Crippen LogP contribution >= 0.6 is 0 Å². The first kappa shape index (κ1) is 23.4. The molecule has 2 heterocycles. The Kier molecular flexibility index (Phi) is 9.09. The van der Waals surface area contributed by atoms with E-state index in [-0.39, 0.29) is 69.6 Å². The molecule has 0 aliphatic carbocycles. The van der Waals surface area contributed by atoms with Gasteiger partial charge in [-0.2, -0.15) is 0 Å². The average Bonchev–Trinajstić information content (AvgIpc) is 2.84. The molecule has 136 valence electrons. The minimum Gasteiger partial charge on any atom is -0.668 e. The van der Waals surface area contributed by atoms with E-state index in [4.69, 9.17) is 10.7 Å². The van der Waals surface area contributed by atoms with Crippen molar-refractivity contribution >= 4 is 17.6 Å². The number of nitrogens with zero attached hydrogens (tertiary/aromatic N) is 3. The fraction of sp³-hybridized carbons (Fsp3) is 0.579. The number of pyridine rings is 1. The van der Waals surface area contributed by atoms with E-state index >= 15 is 0 Å². The summed E-state index contributed by atoms with van der Waals surface area (Å²) in [4.78, 5) is 34.7. The first-order valence-electron chi connectivity index (χ1n) is 8.91. The summed E-state index contributed by atoms with van der Waals surface area (Å²) in [5.41, 5.74) is 8.04. The van der Waals surface area contributed by atoms with Gasteiger partial charge in [-0.05, 0) is 50.2 Å². The fourth-order valence-corrected chi connectivity index (χ4v) is 2.80. The second kappa shape index (κ2) is 10.1. The van der Waals surface area contributed by atoms with Gasteiger partial charge in [0, 0.05) is 18.6 Å². The molecule has 26 heavy (non-hydrogen) atoms. The smallest absolute Gasteiger partial charge is 0.668 e. The predicted molar refractivity (Wildman–Crippen MR) is 98.3 cm³/mol. The van der Waals surface area contributed by atoms with E-state index in [1.165, 1.54) is 0 Å². The van der Waals surface area contributed by atoms with Crippen LogP contribution in [0.25, 0.3) is 5.73 Å². The number of carbonyl (C=O) groups excluding carboxylic acids is 2. The number of aryl methyl sites for hydroxylation is 1. The number of hydrogen-bond acceptors (Lipinski definition) is 4. The molecule has 0 saturated carbocycles. The van der Waals surface area contributed by atoms with E-state index in [1.54, 1.807) is 4.90 Å². The van der Waals surface area contributed by atoms with E-state index in [1.807, 2.05) is 39.1 Å². The van der Waals surface area contributed by atoms with Crippen molar-refractivity contribution < 1.29 is 61.0 Å². The normalized spacial score (nSPS) is 19.5. The van der Waals surface area contributed by atoms with Crippen LogP contribution in [0.1, 0.15) is 58.2 Å². The summed E-state index contributed by atoms with van der Waals surface area (Å²) in [5, 5.41) is 0. The summed E-state index contributed by atoms with van der Waals surface area (Å²) in [7, 11) is 0. The van der Waals surface area contributed by atoms with Gasteiger partial charge in [0.25, 0.3) is 5.91 Å². The number of amidine groups is 1. The number of amides is 2. The van der Waals surface area contributed by atoms with Crippen LogP contribution in [-0.2, 0) is 16.0 Å². The minimum absolute atomic E-state index is 0. The van der Waals surface area contributed by atoms with E-state index < -0.39 is 11.4 Å². The van der Waals surface area contributed by atoms with Crippen LogP contribution in [0.4, 0.5) is 0 Å². The third kappa shape index (κ3) is 5.22. The summed E-state index contributed by atoms with van der Waals surface area (Å²) in [6.45, 7) is 8.42. The Morgan fingerprint density at radius 1 is 1.31 bits per heavy atom. The monoisotopic (exact) mass is 382 g/mol. The van der Waals surface area contributed by atoms with Gasteiger partial charge < -0.3 is 10.5 Å². The molecule has 1 aromatic heterocycles. The Balaban J connectivity index is 0.00000338. The van der Waals surface area contributed by atoms with Gasteiger partial charge in [0.15, 0.2) is 5.84 Å². The van der Waals surface area contributed by atoms with Crippen LogP contribution in [0.3, 0.4) is 0 Å². The molecule has 1 unspecified atom stereocenters. The molecular weight excluding hydrogens is 355 g/mol. The van der Waals surface area contributed by atoms with Gasteiger partial charge in [-0.25, -0.2) is 4.99 Å². The third-order valence-corrected chi connectivity index (χ3v) is 4.89. The van der Waals surface area contributed by atoms with Gasteiger partial charge in [0.1, 0.15) is 11.2 Å². The molecule has 1 aromatic rings. The molecule has 1 aliphatic heterocycles. The van der Waals surface area contributed by atoms with Crippen molar-refractivity contribution in [1.29, 1.82) is 0 Å². The van der Waals surface area contributed by atoms with Gasteiger partial charge >= 0.3 is 51.4 Å². The summed E-state index contributed by atoms with van der Waals surface area (Å²) in [6, 6.07) is 3.93. The number of unbranched alkanes of at least 4 members (excludes halogenated alkanes) is 1. The molecule has 0 radical (unpaired) electrons. The molecule has 0 saturated heterocycles. The Hall–Kier alpha value is -0.604. The van der Waals surface area contributed by atoms with Crippen molar-refractivity contribution in [2.24, 2.45) is 10.9 Å². The van der Waals surface area contributed by atoms with Crippen molar-refractivity contribution in [3.05, 3.63) is 35.3 Å². The maximum absolute atomic E-state index is 13.0. The van der Waals surface area contributed by atoms with Crippen LogP contribution in [0.5, 0.6) is 0 Å². The SMILES string of the molecule is CCc1ccc(C2=NC(C)(C(C)C)C(=O)N2CCCCC([NH-])=O)nc1.[K+]. The number of carbonyl (C=O) groups is 2. The Morgan fingerprint density at radius 2 is 2.00 bits per heavy atom. The quantitative estimate of drug-likeness (QED) is 0.482. The molecule has 1 aliphatic rings. The van der Waals surface area contributed by atoms with Gasteiger partial charge in [0.2, 0.25) is 0 Å². The average molecular weight is 383 g/mol. The summed E-state index contributed by atoms with van der Waals surface area (Å²) >= 11 is 0. The zero-order valence-corrected chi connectivity index (χ0v) is 19.6. The minimum atomic E-state index is -0.786. The molecule has 6 nitrogen and oxygen atoms in total. The molecule has 2 amide bonds. The Morgan fingerprint density at radius 3 is 2.50 bits per heavy atom. The number of nitrogens with one attached hydrogen (secondary N) is 1. The molecule has 2 rings (SSSR count). The van der Waals surface area contributed by atoms with E-state index in [9.17, 15) is 9.59 Å². The number of rotatable bonds is 8. The van der Waals surface area contributed by atoms with E-state index in [0.29, 0.717) is 30.9 Å². The molecule has 1 atom stereocenters. The van der Waals surface area contributed by atoms with Crippen molar-refractivity contribution in [2.45, 2.75) is 58.9 Å². The predicted octanol–water partition coefficient (Wildman–Crippen LogP) is 0.401. The zero-order chi connectivity index (χ0) is 18.6. The molecular formula is C19H27KN4O2. The largest absolute Gasteiger partial charge is 1.00 e. The zero-order valence-electron chi connectivity index (χ0n) is 16.5. The number of aromatic nitrogens is 1. The molecule has 0 spiro atoms. The molecule has 0 fully saturated rings. The van der Waals surface area contributed by atoms with Gasteiger partial charge in [-0.3, -0.25) is 14.7 Å². The van der Waals surface area contributed by atoms with Crippen molar-refractivity contribution in [3.8, 4) is 0 Å². The maximum atomic E-state index is 13.0. The van der Waals surface area contributed by atoms with Crippen molar-refractivity contribution in [3.63, 3.8) is 0 Å². The van der Waals surface area contributed by atoms with E-state index in [0.717, 1.165) is 12.0 Å². The summed E-state index contributed by atoms with van der Waals surface area (Å²) in [6.07, 6.45) is 4.22. The third-order valence-electron chi connectivity index (χ3n) is 4.89. The summed E-state index contributed by atoms with van der Waals surface area (Å²) in [5.74, 6) is 0.104. The van der Waals surface area contributed by atoms with Gasteiger partial charge in [0.05, 0.1) is 0 Å². The van der Waals surface area contributed by atoms with Gasteiger partial charge in [-0.1, -0.05) is 26.8 Å². The summed E-state index contributed by atoms with van der Waals surface area (Å²) < 4.78 is 0. The first-order chi connectivity index (χ1) is 11.8. The van der Waals surface area contributed by atoms with Crippen LogP contribution in [-0.4, -0.2) is 39.6 Å². The molecule has 0 bridgehead atoms. The standard InChI is InChI=1S/C19H28N4O2.K/c1-5-14-9-10-15(21-12-14)17-22-19(4,13(2)3)18(25)23(17)11-7-6-8-16(20)24;/h9-10,12-13H,5-8,11H2,1-4H3,(H2,20,24);/q;+1/p-1. The van der Waals surface area contributed by atoms with Crippen LogP contribution in [0, 0.1) is 5.92 Å². The van der Waals surface area contributed by atoms with Crippen LogP contribution in [0.15, 0.2) is 23.3 Å². The second-order valence-corrected chi connectivity index (χ2v) is 6.98. The van der Waals surface area contributed by atoms with Crippen LogP contribution < -0.4 is 51.4 Å². The van der Waals surface area contributed by atoms with Gasteiger partial charge in [-0.15, -0.1) is 0 Å². The van der Waals surface area contributed by atoms with Crippen LogP contribution in [0.2, 0.25) is 0 Å². The molecule has 7 heteroatoms. The Labute approximate surface area is 198 Å². The van der Waals surface area contributed by atoms with Crippen molar-refractivity contribution in [1.82, 2.24) is 9.88 Å². The second-order valence-electron chi connectivity index (χ2n) is 6.98. The maximum Gasteiger partial charge on any atom is 1.00 e. The topological polar surface area (TPSA) is 86.4 Å². The molecule has 1 N–H and O–H groups in total. The number of aliphatic imine (C=N–C) groups is 1. The molecule has 0 aromatic carbocycles. The first-order valence-corrected chi connectivity index (χ1v) is 8.91. The number of hydrogen-bond donors (Lipinski definition) is 0. The Bertz CT molecular complexity index is 673. The van der Waals surface area contributed by atoms with Crippen molar-refractivity contribution in [2.75, 3.05) is 6.54 Å².